The number of esters is 1. The third kappa shape index (κ3) is 5.27. The molecule has 4 aromatic rings. The zero-order valence-corrected chi connectivity index (χ0v) is 21.7. The summed E-state index contributed by atoms with van der Waals surface area (Å²) in [6.45, 7) is 4.11. The first-order valence-corrected chi connectivity index (χ1v) is 13.8. The van der Waals surface area contributed by atoms with E-state index in [-0.39, 0.29) is 17.4 Å². The number of thiophene rings is 1. The van der Waals surface area contributed by atoms with E-state index >= 15 is 0 Å². The molecule has 182 valence electrons. The van der Waals surface area contributed by atoms with E-state index in [9.17, 15) is 18.0 Å². The summed E-state index contributed by atoms with van der Waals surface area (Å²) in [7, 11) is -2.19. The Morgan fingerprint density at radius 2 is 1.74 bits per heavy atom. The minimum absolute atomic E-state index is 0.101. The normalized spacial score (nSPS) is 11.7. The molecule has 11 heteroatoms. The van der Waals surface area contributed by atoms with Crippen molar-refractivity contribution in [3.05, 3.63) is 76.2 Å². The van der Waals surface area contributed by atoms with Crippen molar-refractivity contribution in [1.29, 1.82) is 0 Å². The van der Waals surface area contributed by atoms with Crippen LogP contribution in [0.15, 0.2) is 59.5 Å². The van der Waals surface area contributed by atoms with Crippen LogP contribution in [0.25, 0.3) is 9.53 Å². The molecule has 0 saturated carbocycles. The molecule has 0 atom stereocenters. The molecular formula is C24H23N3O5S3. The topological polar surface area (TPSA) is 106 Å². The predicted molar refractivity (Wildman–Crippen MR) is 138 cm³/mol. The van der Waals surface area contributed by atoms with E-state index in [0.29, 0.717) is 27.0 Å². The van der Waals surface area contributed by atoms with E-state index < -0.39 is 15.9 Å². The molecule has 1 amide bonds. The summed E-state index contributed by atoms with van der Waals surface area (Å²) in [4.78, 5) is 30.5. The number of benzene rings is 2. The number of carbonyl (C=O) groups is 2. The Bertz CT molecular complexity index is 1480. The average Bonchev–Trinajstić information content (AvgIpc) is 3.38. The van der Waals surface area contributed by atoms with Crippen molar-refractivity contribution in [3.8, 4) is 0 Å². The molecule has 0 saturated heterocycles. The molecule has 4 rings (SSSR count). The highest BCUT2D eigenvalue weighted by atomic mass is 32.2. The largest absolute Gasteiger partial charge is 0.462 e. The summed E-state index contributed by atoms with van der Waals surface area (Å²) >= 11 is 2.50. The second-order valence-electron chi connectivity index (χ2n) is 7.66. The summed E-state index contributed by atoms with van der Waals surface area (Å²) in [5.41, 5.74) is 1.95. The van der Waals surface area contributed by atoms with E-state index in [2.05, 4.69) is 10.3 Å². The number of amides is 1. The van der Waals surface area contributed by atoms with E-state index in [1.807, 2.05) is 37.3 Å². The van der Waals surface area contributed by atoms with E-state index in [1.54, 1.807) is 6.92 Å². The molecule has 0 bridgehead atoms. The lowest BCUT2D eigenvalue weighted by atomic mass is 10.2. The van der Waals surface area contributed by atoms with Gasteiger partial charge in [0.2, 0.25) is 10.0 Å². The van der Waals surface area contributed by atoms with Crippen LogP contribution in [0.3, 0.4) is 0 Å². The molecular weight excluding hydrogens is 506 g/mol. The molecule has 8 nitrogen and oxygen atoms in total. The van der Waals surface area contributed by atoms with Crippen LogP contribution in [-0.4, -0.2) is 43.2 Å². The Morgan fingerprint density at radius 1 is 1.06 bits per heavy atom. The number of ether oxygens (including phenoxy) is 1. The zero-order chi connectivity index (χ0) is 25.2. The molecule has 1 N–H and O–H groups in total. The fourth-order valence-corrected chi connectivity index (χ4v) is 6.75. The van der Waals surface area contributed by atoms with Gasteiger partial charge in [-0.3, -0.25) is 10.1 Å². The number of carbonyl (C=O) groups excluding carboxylic acids is 2. The van der Waals surface area contributed by atoms with Crippen LogP contribution >= 0.6 is 22.7 Å². The maximum absolute atomic E-state index is 12.9. The van der Waals surface area contributed by atoms with E-state index in [1.165, 1.54) is 58.3 Å². The number of nitrogens with one attached hydrogen (secondary N) is 1. The highest BCUT2D eigenvalue weighted by molar-refractivity contribution is 7.89. The van der Waals surface area contributed by atoms with Crippen LogP contribution in [0.2, 0.25) is 0 Å². The van der Waals surface area contributed by atoms with Crippen LogP contribution < -0.4 is 5.32 Å². The van der Waals surface area contributed by atoms with Gasteiger partial charge in [0.15, 0.2) is 5.13 Å². The van der Waals surface area contributed by atoms with Gasteiger partial charge in [-0.05, 0) is 49.2 Å². The lowest BCUT2D eigenvalue weighted by Gasteiger charge is -2.17. The molecule has 35 heavy (non-hydrogen) atoms. The molecule has 0 spiro atoms. The zero-order valence-electron chi connectivity index (χ0n) is 19.3. The van der Waals surface area contributed by atoms with Gasteiger partial charge in [0.25, 0.3) is 5.91 Å². The Morgan fingerprint density at radius 3 is 2.37 bits per heavy atom. The van der Waals surface area contributed by atoms with Crippen LogP contribution in [0.4, 0.5) is 5.13 Å². The number of fused-ring (bicyclic) bond motifs is 1. The number of hydrogen-bond acceptors (Lipinski definition) is 8. The SMILES string of the molecule is CCOC(=O)c1sc2nc(NC(=O)c3ccc(S(=O)(=O)N(C)Cc4ccccc4)cc3)sc2c1C. The second kappa shape index (κ2) is 10.2. The minimum atomic E-state index is -3.71. The van der Waals surface area contributed by atoms with Crippen molar-refractivity contribution in [3.63, 3.8) is 0 Å². The number of hydrogen-bond donors (Lipinski definition) is 1. The fourth-order valence-electron chi connectivity index (χ4n) is 3.39. The van der Waals surface area contributed by atoms with Crippen LogP contribution in [0.1, 0.15) is 38.1 Å². The number of sulfonamides is 1. The summed E-state index contributed by atoms with van der Waals surface area (Å²) in [6, 6.07) is 15.1. The standard InChI is InChI=1S/C24H23N3O5S3/c1-4-32-23(29)20-15(2)19-22(33-20)26-24(34-19)25-21(28)17-10-12-18(13-11-17)35(30,31)27(3)14-16-8-6-5-7-9-16/h5-13H,4,14H2,1-3H3,(H,25,26,28). The number of thiazole rings is 1. The maximum Gasteiger partial charge on any atom is 0.348 e. The Hall–Kier alpha value is -3.12. The summed E-state index contributed by atoms with van der Waals surface area (Å²) in [5, 5.41) is 3.14. The molecule has 2 aromatic carbocycles. The Balaban J connectivity index is 1.46. The predicted octanol–water partition coefficient (Wildman–Crippen LogP) is 4.92. The second-order valence-corrected chi connectivity index (χ2v) is 11.7. The van der Waals surface area contributed by atoms with Gasteiger partial charge in [-0.1, -0.05) is 41.7 Å². The van der Waals surface area contributed by atoms with Gasteiger partial charge in [0, 0.05) is 19.2 Å². The van der Waals surface area contributed by atoms with Gasteiger partial charge in [-0.15, -0.1) is 11.3 Å². The molecule has 2 aromatic heterocycles. The highest BCUT2D eigenvalue weighted by Crippen LogP contribution is 2.37. The number of aromatic nitrogens is 1. The van der Waals surface area contributed by atoms with Crippen LogP contribution in [0, 0.1) is 6.92 Å². The number of rotatable bonds is 8. The summed E-state index contributed by atoms with van der Waals surface area (Å²) in [5.74, 6) is -0.786. The van der Waals surface area contributed by atoms with Gasteiger partial charge in [-0.25, -0.2) is 18.2 Å². The van der Waals surface area contributed by atoms with Crippen molar-refractivity contribution in [2.45, 2.75) is 25.3 Å². The van der Waals surface area contributed by atoms with Crippen molar-refractivity contribution < 1.29 is 22.7 Å². The molecule has 0 fully saturated rings. The molecule has 0 aliphatic rings. The first kappa shape index (κ1) is 25.0. The van der Waals surface area contributed by atoms with E-state index in [4.69, 9.17) is 4.74 Å². The molecule has 0 aliphatic carbocycles. The van der Waals surface area contributed by atoms with Crippen molar-refractivity contribution >= 4 is 59.2 Å². The lowest BCUT2D eigenvalue weighted by Crippen LogP contribution is -2.26. The van der Waals surface area contributed by atoms with Gasteiger partial charge >= 0.3 is 5.97 Å². The number of aryl methyl sites for hydroxylation is 1. The molecule has 0 aliphatic heterocycles. The lowest BCUT2D eigenvalue weighted by molar-refractivity contribution is 0.0531. The maximum atomic E-state index is 12.9. The Labute approximate surface area is 211 Å². The van der Waals surface area contributed by atoms with Crippen molar-refractivity contribution in [2.75, 3.05) is 19.0 Å². The van der Waals surface area contributed by atoms with Crippen molar-refractivity contribution in [2.24, 2.45) is 0 Å². The smallest absolute Gasteiger partial charge is 0.348 e. The highest BCUT2D eigenvalue weighted by Gasteiger charge is 2.23. The fraction of sp³-hybridized carbons (Fsp3) is 0.208. The Kier molecular flexibility index (Phi) is 7.31. The number of nitrogens with zero attached hydrogens (tertiary/aromatic N) is 2. The molecule has 0 unspecified atom stereocenters. The first-order chi connectivity index (χ1) is 16.7. The van der Waals surface area contributed by atoms with Gasteiger partial charge in [0.1, 0.15) is 9.71 Å². The van der Waals surface area contributed by atoms with Crippen LogP contribution in [0.5, 0.6) is 0 Å². The van der Waals surface area contributed by atoms with Crippen LogP contribution in [-0.2, 0) is 21.3 Å². The quantitative estimate of drug-likeness (QED) is 0.325. The monoisotopic (exact) mass is 529 g/mol. The molecule has 2 heterocycles. The summed E-state index contributed by atoms with van der Waals surface area (Å²) < 4.78 is 33.0. The molecule has 0 radical (unpaired) electrons. The van der Waals surface area contributed by atoms with Crippen molar-refractivity contribution in [1.82, 2.24) is 9.29 Å². The van der Waals surface area contributed by atoms with Gasteiger partial charge < -0.3 is 4.74 Å². The van der Waals surface area contributed by atoms with Gasteiger partial charge in [0.05, 0.1) is 16.2 Å². The van der Waals surface area contributed by atoms with E-state index in [0.717, 1.165) is 15.8 Å². The third-order valence-corrected chi connectivity index (χ3v) is 9.43. The summed E-state index contributed by atoms with van der Waals surface area (Å²) in [6.07, 6.45) is 0. The average molecular weight is 530 g/mol. The third-order valence-electron chi connectivity index (χ3n) is 5.23. The first-order valence-electron chi connectivity index (χ1n) is 10.7. The number of anilines is 1. The van der Waals surface area contributed by atoms with Gasteiger partial charge in [-0.2, -0.15) is 4.31 Å². The minimum Gasteiger partial charge on any atom is -0.462 e.